The van der Waals surface area contributed by atoms with Gasteiger partial charge in [0.15, 0.2) is 0 Å². The van der Waals surface area contributed by atoms with Crippen molar-refractivity contribution in [3.05, 3.63) is 23.2 Å². The van der Waals surface area contributed by atoms with E-state index in [0.29, 0.717) is 23.6 Å². The fourth-order valence-electron chi connectivity index (χ4n) is 3.67. The van der Waals surface area contributed by atoms with Crippen molar-refractivity contribution >= 4 is 32.7 Å². The molecular formula is C15H18ClN3O2S. The lowest BCUT2D eigenvalue weighted by Crippen LogP contribution is -2.47. The van der Waals surface area contributed by atoms with E-state index in [1.807, 2.05) is 6.07 Å². The Hall–Kier alpha value is -1.11. The second-order valence-corrected chi connectivity index (χ2v) is 8.31. The van der Waals surface area contributed by atoms with E-state index < -0.39 is 10.0 Å². The first-order valence-electron chi connectivity index (χ1n) is 7.75. The van der Waals surface area contributed by atoms with Gasteiger partial charge in [0.25, 0.3) is 10.0 Å². The largest absolute Gasteiger partial charge is 0.312 e. The normalized spacial score (nSPS) is 22.8. The third-order valence-corrected chi connectivity index (χ3v) is 6.85. The van der Waals surface area contributed by atoms with E-state index in [1.165, 1.54) is 6.42 Å². The highest BCUT2D eigenvalue weighted by molar-refractivity contribution is 7.89. The van der Waals surface area contributed by atoms with Crippen molar-refractivity contribution in [1.82, 2.24) is 13.9 Å². The Morgan fingerprint density at radius 2 is 1.91 bits per heavy atom. The Balaban J connectivity index is 1.81. The molecule has 0 N–H and O–H groups in total. The van der Waals surface area contributed by atoms with E-state index in [2.05, 4.69) is 4.98 Å². The van der Waals surface area contributed by atoms with Crippen molar-refractivity contribution in [2.75, 3.05) is 6.54 Å². The summed E-state index contributed by atoms with van der Waals surface area (Å²) >= 11 is 5.99. The van der Waals surface area contributed by atoms with Crippen LogP contribution in [0.4, 0.5) is 0 Å². The van der Waals surface area contributed by atoms with Gasteiger partial charge in [0.1, 0.15) is 0 Å². The third kappa shape index (κ3) is 2.16. The number of nitrogens with zero attached hydrogens (tertiary/aromatic N) is 3. The average Bonchev–Trinajstić information content (AvgIpc) is 2.87. The van der Waals surface area contributed by atoms with Crippen molar-refractivity contribution in [3.8, 4) is 0 Å². The molecule has 2 aromatic rings. The van der Waals surface area contributed by atoms with Crippen LogP contribution >= 0.6 is 11.6 Å². The quantitative estimate of drug-likeness (QED) is 0.802. The van der Waals surface area contributed by atoms with Crippen LogP contribution in [0.15, 0.2) is 23.4 Å². The molecule has 0 spiro atoms. The van der Waals surface area contributed by atoms with Crippen molar-refractivity contribution < 1.29 is 8.42 Å². The SMILES string of the molecule is O=S1(=O)c2nc3cc(Cl)ccc3n2CCN1C1CCCCC1. The summed E-state index contributed by atoms with van der Waals surface area (Å²) in [6.07, 6.45) is 5.36. The topological polar surface area (TPSA) is 55.2 Å². The van der Waals surface area contributed by atoms with Crippen LogP contribution in [-0.4, -0.2) is 34.9 Å². The van der Waals surface area contributed by atoms with Crippen molar-refractivity contribution in [2.45, 2.75) is 49.8 Å². The smallest absolute Gasteiger partial charge is 0.277 e. The lowest BCUT2D eigenvalue weighted by atomic mass is 9.95. The summed E-state index contributed by atoms with van der Waals surface area (Å²) in [5, 5.41) is 0.742. The number of hydrogen-bond acceptors (Lipinski definition) is 3. The molecule has 1 aromatic heterocycles. The molecule has 1 saturated carbocycles. The molecule has 5 nitrogen and oxygen atoms in total. The van der Waals surface area contributed by atoms with Gasteiger partial charge < -0.3 is 4.57 Å². The Labute approximate surface area is 134 Å². The molecule has 1 aliphatic heterocycles. The number of sulfonamides is 1. The predicted molar refractivity (Wildman–Crippen MR) is 85.5 cm³/mol. The number of rotatable bonds is 1. The number of imidazole rings is 1. The highest BCUT2D eigenvalue weighted by Crippen LogP contribution is 2.32. The molecule has 2 aliphatic rings. The lowest BCUT2D eigenvalue weighted by molar-refractivity contribution is 0.233. The van der Waals surface area contributed by atoms with Gasteiger partial charge in [0.2, 0.25) is 5.16 Å². The number of benzene rings is 1. The Morgan fingerprint density at radius 3 is 2.68 bits per heavy atom. The molecule has 0 bridgehead atoms. The van der Waals surface area contributed by atoms with Crippen LogP contribution in [0.1, 0.15) is 32.1 Å². The van der Waals surface area contributed by atoms with Crippen LogP contribution in [0, 0.1) is 0 Å². The van der Waals surface area contributed by atoms with E-state index in [-0.39, 0.29) is 11.2 Å². The molecule has 0 unspecified atom stereocenters. The molecule has 4 rings (SSSR count). The fourth-order valence-corrected chi connectivity index (χ4v) is 5.65. The van der Waals surface area contributed by atoms with E-state index in [4.69, 9.17) is 11.6 Å². The van der Waals surface area contributed by atoms with Gasteiger partial charge in [0, 0.05) is 24.2 Å². The summed E-state index contributed by atoms with van der Waals surface area (Å²) in [7, 11) is -3.52. The summed E-state index contributed by atoms with van der Waals surface area (Å²) in [5.74, 6) is 0. The molecule has 1 aromatic carbocycles. The van der Waals surface area contributed by atoms with Gasteiger partial charge in [-0.1, -0.05) is 30.9 Å². The van der Waals surface area contributed by atoms with E-state index >= 15 is 0 Å². The summed E-state index contributed by atoms with van der Waals surface area (Å²) in [4.78, 5) is 4.36. The van der Waals surface area contributed by atoms with Crippen LogP contribution < -0.4 is 0 Å². The summed E-state index contributed by atoms with van der Waals surface area (Å²) < 4.78 is 29.4. The van der Waals surface area contributed by atoms with E-state index in [9.17, 15) is 8.42 Å². The lowest BCUT2D eigenvalue weighted by Gasteiger charge is -2.35. The minimum atomic E-state index is -3.52. The van der Waals surface area contributed by atoms with Gasteiger partial charge >= 0.3 is 0 Å². The molecule has 0 saturated heterocycles. The van der Waals surface area contributed by atoms with Crippen LogP contribution in [0.3, 0.4) is 0 Å². The van der Waals surface area contributed by atoms with Gasteiger partial charge in [-0.2, -0.15) is 4.31 Å². The number of fused-ring (bicyclic) bond motifs is 3. The maximum Gasteiger partial charge on any atom is 0.277 e. The first-order valence-corrected chi connectivity index (χ1v) is 9.57. The second kappa shape index (κ2) is 5.22. The first-order chi connectivity index (χ1) is 10.6. The maximum absolute atomic E-state index is 13.0. The van der Waals surface area contributed by atoms with Crippen LogP contribution in [-0.2, 0) is 16.6 Å². The Bertz CT molecular complexity index is 825. The molecular weight excluding hydrogens is 322 g/mol. The first kappa shape index (κ1) is 14.5. The zero-order chi connectivity index (χ0) is 15.3. The van der Waals surface area contributed by atoms with E-state index in [0.717, 1.165) is 31.2 Å². The predicted octanol–water partition coefficient (Wildman–Crippen LogP) is 3.03. The molecule has 118 valence electrons. The summed E-state index contributed by atoms with van der Waals surface area (Å²) in [6, 6.07) is 5.48. The molecule has 0 amide bonds. The van der Waals surface area contributed by atoms with E-state index in [1.54, 1.807) is 21.0 Å². The minimum Gasteiger partial charge on any atom is -0.312 e. The van der Waals surface area contributed by atoms with Gasteiger partial charge in [0.05, 0.1) is 11.0 Å². The Morgan fingerprint density at radius 1 is 1.14 bits per heavy atom. The van der Waals surface area contributed by atoms with Crippen molar-refractivity contribution in [1.29, 1.82) is 0 Å². The van der Waals surface area contributed by atoms with Crippen LogP contribution in [0.25, 0.3) is 11.0 Å². The number of hydrogen-bond donors (Lipinski definition) is 0. The third-order valence-electron chi connectivity index (χ3n) is 4.74. The monoisotopic (exact) mass is 339 g/mol. The van der Waals surface area contributed by atoms with Crippen molar-refractivity contribution in [3.63, 3.8) is 0 Å². The van der Waals surface area contributed by atoms with Gasteiger partial charge in [-0.3, -0.25) is 0 Å². The molecule has 1 aliphatic carbocycles. The standard InChI is InChI=1S/C15H18ClN3O2S/c16-11-6-7-14-13(10-11)17-15-18(14)8-9-19(22(15,20)21)12-4-2-1-3-5-12/h6-7,10,12H,1-5,8-9H2. The molecule has 7 heteroatoms. The zero-order valence-corrected chi connectivity index (χ0v) is 13.8. The minimum absolute atomic E-state index is 0.135. The maximum atomic E-state index is 13.0. The second-order valence-electron chi connectivity index (χ2n) is 6.09. The molecule has 1 fully saturated rings. The molecule has 0 atom stereocenters. The van der Waals surface area contributed by atoms with Gasteiger partial charge in [-0.05, 0) is 31.0 Å². The molecule has 0 radical (unpaired) electrons. The summed E-state index contributed by atoms with van der Waals surface area (Å²) in [5.41, 5.74) is 1.49. The highest BCUT2D eigenvalue weighted by atomic mass is 35.5. The zero-order valence-electron chi connectivity index (χ0n) is 12.2. The van der Waals surface area contributed by atoms with Crippen molar-refractivity contribution in [2.24, 2.45) is 0 Å². The fraction of sp³-hybridized carbons (Fsp3) is 0.533. The summed E-state index contributed by atoms with van der Waals surface area (Å²) in [6.45, 7) is 1.19. The van der Waals surface area contributed by atoms with Gasteiger partial charge in [-0.25, -0.2) is 13.4 Å². The number of aromatic nitrogens is 2. The highest BCUT2D eigenvalue weighted by Gasteiger charge is 2.39. The van der Waals surface area contributed by atoms with Gasteiger partial charge in [-0.15, -0.1) is 0 Å². The number of halogens is 1. The van der Waals surface area contributed by atoms with Crippen LogP contribution in [0.5, 0.6) is 0 Å². The average molecular weight is 340 g/mol. The molecule has 22 heavy (non-hydrogen) atoms. The Kier molecular flexibility index (Phi) is 3.43. The molecule has 2 heterocycles. The van der Waals surface area contributed by atoms with Crippen LogP contribution in [0.2, 0.25) is 5.02 Å².